The molecule has 0 fully saturated rings. The number of carbonyl (C=O) groups is 1. The van der Waals surface area contributed by atoms with Crippen molar-refractivity contribution in [2.75, 3.05) is 5.32 Å². The Morgan fingerprint density at radius 3 is 2.50 bits per heavy atom. The van der Waals surface area contributed by atoms with Crippen LogP contribution in [0.1, 0.15) is 42.0 Å². The lowest BCUT2D eigenvalue weighted by Gasteiger charge is -2.32. The average molecular weight is 564 g/mol. The Kier molecular flexibility index (Phi) is 7.15. The summed E-state index contributed by atoms with van der Waals surface area (Å²) in [7, 11) is 0. The monoisotopic (exact) mass is 562 g/mol. The Labute approximate surface area is 235 Å². The lowest BCUT2D eigenvalue weighted by molar-refractivity contribution is -0.116. The molecule has 192 valence electrons. The first kappa shape index (κ1) is 25.0. The average Bonchev–Trinajstić information content (AvgIpc) is 3.34. The standard InChI is InChI=1S/C29H24Cl2N4O2S/c30-22-8-4-9-23(31)21(22)16-37-20-14-12-19(13-15-20)27-26-24(10-5-11-25(26)36)32-28-33-29(34-35(27)28)38-17-18-6-2-1-3-7-18/h1-4,6-9,12-15,27H,5,10-11,16-17H2,(H,32,33,34). The molecule has 6 nitrogen and oxygen atoms in total. The number of nitrogens with one attached hydrogen (secondary N) is 1. The van der Waals surface area contributed by atoms with E-state index in [1.54, 1.807) is 23.9 Å². The maximum Gasteiger partial charge on any atom is 0.227 e. The van der Waals surface area contributed by atoms with Gasteiger partial charge in [0.05, 0.1) is 0 Å². The van der Waals surface area contributed by atoms with Gasteiger partial charge < -0.3 is 10.1 Å². The topological polar surface area (TPSA) is 69.0 Å². The lowest BCUT2D eigenvalue weighted by atomic mass is 9.85. The number of halogens is 2. The number of ketones is 1. The van der Waals surface area contributed by atoms with Crippen LogP contribution in [0.5, 0.6) is 5.75 Å². The van der Waals surface area contributed by atoms with Crippen molar-refractivity contribution in [3.05, 3.63) is 111 Å². The number of thioether (sulfide) groups is 1. The van der Waals surface area contributed by atoms with Gasteiger partial charge in [0.25, 0.3) is 0 Å². The fourth-order valence-electron chi connectivity index (χ4n) is 4.80. The maximum absolute atomic E-state index is 13.1. The fourth-order valence-corrected chi connectivity index (χ4v) is 6.09. The molecule has 6 rings (SSSR count). The molecule has 0 saturated heterocycles. The number of ether oxygens (including phenoxy) is 1. The Morgan fingerprint density at radius 2 is 1.74 bits per heavy atom. The predicted molar refractivity (Wildman–Crippen MR) is 151 cm³/mol. The van der Waals surface area contributed by atoms with Gasteiger partial charge in [0, 0.05) is 39.1 Å². The second-order valence-electron chi connectivity index (χ2n) is 9.19. The Hall–Kier alpha value is -3.26. The number of anilines is 1. The van der Waals surface area contributed by atoms with Gasteiger partial charge in [-0.05, 0) is 48.2 Å². The highest BCUT2D eigenvalue weighted by Gasteiger charge is 2.36. The van der Waals surface area contributed by atoms with Gasteiger partial charge in [0.15, 0.2) is 5.78 Å². The molecule has 2 heterocycles. The molecule has 2 aliphatic rings. The number of allylic oxidation sites excluding steroid dienone is 2. The molecule has 9 heteroatoms. The molecule has 0 amide bonds. The summed E-state index contributed by atoms with van der Waals surface area (Å²) in [4.78, 5) is 17.9. The van der Waals surface area contributed by atoms with Crippen LogP contribution in [0.3, 0.4) is 0 Å². The molecule has 3 aromatic carbocycles. The Bertz CT molecular complexity index is 1500. The Morgan fingerprint density at radius 1 is 0.974 bits per heavy atom. The third kappa shape index (κ3) is 5.06. The summed E-state index contributed by atoms with van der Waals surface area (Å²) >= 11 is 14.1. The number of hydrogen-bond acceptors (Lipinski definition) is 6. The highest BCUT2D eigenvalue weighted by molar-refractivity contribution is 7.98. The number of rotatable bonds is 7. The van der Waals surface area contributed by atoms with Crippen LogP contribution >= 0.6 is 35.0 Å². The minimum absolute atomic E-state index is 0.150. The summed E-state index contributed by atoms with van der Waals surface area (Å²) in [5.41, 5.74) is 4.61. The van der Waals surface area contributed by atoms with Crippen molar-refractivity contribution in [1.29, 1.82) is 0 Å². The molecule has 0 saturated carbocycles. The molecule has 4 aromatic rings. The number of aromatic nitrogens is 3. The van der Waals surface area contributed by atoms with Crippen LogP contribution in [0, 0.1) is 0 Å². The van der Waals surface area contributed by atoms with E-state index in [9.17, 15) is 4.79 Å². The van der Waals surface area contributed by atoms with Crippen LogP contribution in [0.4, 0.5) is 5.95 Å². The van der Waals surface area contributed by atoms with E-state index in [-0.39, 0.29) is 18.4 Å². The molecular formula is C29H24Cl2N4O2S. The van der Waals surface area contributed by atoms with Crippen LogP contribution in [-0.2, 0) is 17.2 Å². The molecule has 0 radical (unpaired) electrons. The highest BCUT2D eigenvalue weighted by Crippen LogP contribution is 2.41. The zero-order valence-electron chi connectivity index (χ0n) is 20.4. The first-order chi connectivity index (χ1) is 18.6. The van der Waals surface area contributed by atoms with Gasteiger partial charge >= 0.3 is 0 Å². The van der Waals surface area contributed by atoms with Crippen molar-refractivity contribution in [3.63, 3.8) is 0 Å². The van der Waals surface area contributed by atoms with Crippen LogP contribution in [-0.4, -0.2) is 20.5 Å². The van der Waals surface area contributed by atoms with Crippen LogP contribution in [0.2, 0.25) is 10.0 Å². The summed E-state index contributed by atoms with van der Waals surface area (Å²) in [5, 5.41) is 10.0. The zero-order chi connectivity index (χ0) is 26.1. The van der Waals surface area contributed by atoms with Gasteiger partial charge in [0.1, 0.15) is 18.4 Å². The minimum atomic E-state index is -0.348. The largest absolute Gasteiger partial charge is 0.489 e. The van der Waals surface area contributed by atoms with Crippen molar-refractivity contribution in [2.45, 2.75) is 42.8 Å². The molecule has 0 spiro atoms. The van der Waals surface area contributed by atoms with E-state index in [1.807, 2.05) is 53.2 Å². The van der Waals surface area contributed by atoms with Crippen LogP contribution in [0.15, 0.2) is 89.2 Å². The molecule has 1 N–H and O–H groups in total. The molecule has 1 aliphatic carbocycles. The SMILES string of the molecule is O=C1CCCC2=C1C(c1ccc(OCc3c(Cl)cccc3Cl)cc1)n1nc(SCc3ccccc3)nc1N2. The predicted octanol–water partition coefficient (Wildman–Crippen LogP) is 7.48. The van der Waals surface area contributed by atoms with E-state index in [1.165, 1.54) is 5.56 Å². The maximum atomic E-state index is 13.1. The lowest BCUT2D eigenvalue weighted by Crippen LogP contribution is -2.31. The molecule has 1 aliphatic heterocycles. The number of benzene rings is 3. The van der Waals surface area contributed by atoms with Crippen molar-refractivity contribution in [3.8, 4) is 5.75 Å². The molecule has 0 bridgehead atoms. The van der Waals surface area contributed by atoms with E-state index in [0.29, 0.717) is 33.3 Å². The number of nitrogens with zero attached hydrogens (tertiary/aromatic N) is 3. The Balaban J connectivity index is 1.27. The van der Waals surface area contributed by atoms with Gasteiger partial charge in [-0.1, -0.05) is 83.5 Å². The summed E-state index contributed by atoms with van der Waals surface area (Å²) < 4.78 is 7.82. The van der Waals surface area contributed by atoms with E-state index >= 15 is 0 Å². The third-order valence-electron chi connectivity index (χ3n) is 6.70. The summed E-state index contributed by atoms with van der Waals surface area (Å²) in [6.07, 6.45) is 2.19. The minimum Gasteiger partial charge on any atom is -0.489 e. The number of fused-ring (bicyclic) bond motifs is 1. The first-order valence-corrected chi connectivity index (χ1v) is 14.1. The smallest absolute Gasteiger partial charge is 0.227 e. The third-order valence-corrected chi connectivity index (χ3v) is 8.32. The highest BCUT2D eigenvalue weighted by atomic mass is 35.5. The first-order valence-electron chi connectivity index (χ1n) is 12.4. The number of hydrogen-bond donors (Lipinski definition) is 1. The summed E-state index contributed by atoms with van der Waals surface area (Å²) in [6, 6.07) is 23.0. The summed E-state index contributed by atoms with van der Waals surface area (Å²) in [6.45, 7) is 0.258. The number of carbonyl (C=O) groups excluding carboxylic acids is 1. The van der Waals surface area contributed by atoms with Crippen molar-refractivity contribution in [1.82, 2.24) is 14.8 Å². The molecule has 38 heavy (non-hydrogen) atoms. The molecule has 1 unspecified atom stereocenters. The van der Waals surface area contributed by atoms with Crippen molar-refractivity contribution >= 4 is 46.7 Å². The summed E-state index contributed by atoms with van der Waals surface area (Å²) in [5.74, 6) is 2.26. The van der Waals surface area contributed by atoms with Crippen molar-refractivity contribution < 1.29 is 9.53 Å². The van der Waals surface area contributed by atoms with Gasteiger partial charge in [-0.15, -0.1) is 5.10 Å². The molecular weight excluding hydrogens is 539 g/mol. The van der Waals surface area contributed by atoms with Crippen LogP contribution < -0.4 is 10.1 Å². The fraction of sp³-hybridized carbons (Fsp3) is 0.207. The second-order valence-corrected chi connectivity index (χ2v) is 10.9. The van der Waals surface area contributed by atoms with Crippen LogP contribution in [0.25, 0.3) is 0 Å². The van der Waals surface area contributed by atoms with Gasteiger partial charge in [-0.25, -0.2) is 4.68 Å². The molecule has 1 aromatic heterocycles. The van der Waals surface area contributed by atoms with E-state index in [2.05, 4.69) is 17.4 Å². The quantitative estimate of drug-likeness (QED) is 0.235. The molecule has 1 atom stereocenters. The zero-order valence-corrected chi connectivity index (χ0v) is 22.7. The van der Waals surface area contributed by atoms with E-state index < -0.39 is 0 Å². The van der Waals surface area contributed by atoms with Gasteiger partial charge in [-0.2, -0.15) is 4.98 Å². The normalized spacial score (nSPS) is 16.6. The van der Waals surface area contributed by atoms with Gasteiger partial charge in [-0.3, -0.25) is 4.79 Å². The van der Waals surface area contributed by atoms with Gasteiger partial charge in [0.2, 0.25) is 11.1 Å². The van der Waals surface area contributed by atoms with Crippen molar-refractivity contribution in [2.24, 2.45) is 0 Å². The second kappa shape index (κ2) is 10.8. The van der Waals surface area contributed by atoms with E-state index in [4.69, 9.17) is 38.0 Å². The number of Topliss-reactive ketones (excluding diaryl/α,β-unsaturated/α-hetero) is 1. The van der Waals surface area contributed by atoms with E-state index in [0.717, 1.165) is 41.0 Å².